The van der Waals surface area contributed by atoms with Crippen LogP contribution in [0, 0.1) is 13.8 Å². The Morgan fingerprint density at radius 1 is 1.27 bits per heavy atom. The molecule has 0 radical (unpaired) electrons. The van der Waals surface area contributed by atoms with Crippen LogP contribution in [-0.2, 0) is 19.6 Å². The zero-order valence-electron chi connectivity index (χ0n) is 15.5. The van der Waals surface area contributed by atoms with Crippen molar-refractivity contribution in [2.75, 3.05) is 26.9 Å². The highest BCUT2D eigenvalue weighted by Gasteiger charge is 2.35. The van der Waals surface area contributed by atoms with Crippen molar-refractivity contribution in [3.8, 4) is 5.75 Å². The zero-order chi connectivity index (χ0) is 19.3. The molecule has 1 atom stereocenters. The highest BCUT2D eigenvalue weighted by Crippen LogP contribution is 2.32. The van der Waals surface area contributed by atoms with Gasteiger partial charge in [-0.1, -0.05) is 6.42 Å². The summed E-state index contributed by atoms with van der Waals surface area (Å²) in [6.45, 7) is 3.88. The van der Waals surface area contributed by atoms with Gasteiger partial charge in [0, 0.05) is 19.2 Å². The number of hydrogen-bond donors (Lipinski definition) is 1. The zero-order valence-corrected chi connectivity index (χ0v) is 16.3. The van der Waals surface area contributed by atoms with Crippen LogP contribution in [0.5, 0.6) is 5.75 Å². The first-order chi connectivity index (χ1) is 12.3. The lowest BCUT2D eigenvalue weighted by Gasteiger charge is -2.35. The van der Waals surface area contributed by atoms with Gasteiger partial charge >= 0.3 is 5.97 Å². The number of benzene rings is 1. The molecule has 0 saturated carbocycles. The highest BCUT2D eigenvalue weighted by atomic mass is 32.2. The Hall–Kier alpha value is -1.64. The van der Waals surface area contributed by atoms with Crippen molar-refractivity contribution in [3.05, 3.63) is 23.3 Å². The van der Waals surface area contributed by atoms with E-state index in [1.54, 1.807) is 37.4 Å². The molecule has 8 heteroatoms. The van der Waals surface area contributed by atoms with Gasteiger partial charge in [-0.3, -0.25) is 0 Å². The third kappa shape index (κ3) is 4.75. The monoisotopic (exact) mass is 385 g/mol. The average molecular weight is 385 g/mol. The summed E-state index contributed by atoms with van der Waals surface area (Å²) >= 11 is 0. The summed E-state index contributed by atoms with van der Waals surface area (Å²) in [7, 11) is -2.09. The van der Waals surface area contributed by atoms with E-state index < -0.39 is 16.0 Å². The van der Waals surface area contributed by atoms with E-state index in [4.69, 9.17) is 14.6 Å². The maximum atomic E-state index is 13.3. The van der Waals surface area contributed by atoms with E-state index in [1.807, 2.05) is 0 Å². The van der Waals surface area contributed by atoms with Crippen LogP contribution >= 0.6 is 0 Å². The Morgan fingerprint density at radius 2 is 1.92 bits per heavy atom. The predicted octanol–water partition coefficient (Wildman–Crippen LogP) is 2.35. The fourth-order valence-electron chi connectivity index (χ4n) is 3.51. The molecule has 0 unspecified atom stereocenters. The number of aliphatic carboxylic acids is 1. The van der Waals surface area contributed by atoms with E-state index in [1.165, 1.54) is 0 Å². The number of aryl methyl sites for hydroxylation is 2. The van der Waals surface area contributed by atoms with Crippen LogP contribution in [0.1, 0.15) is 36.8 Å². The minimum absolute atomic E-state index is 0.177. The highest BCUT2D eigenvalue weighted by molar-refractivity contribution is 7.89. The fraction of sp³-hybridized carbons (Fsp3) is 0.611. The second kappa shape index (κ2) is 8.83. The molecule has 26 heavy (non-hydrogen) atoms. The second-order valence-electron chi connectivity index (χ2n) is 6.59. The maximum absolute atomic E-state index is 13.3. The van der Waals surface area contributed by atoms with E-state index in [2.05, 4.69) is 0 Å². The third-order valence-corrected chi connectivity index (χ3v) is 6.89. The third-order valence-electron chi connectivity index (χ3n) is 4.63. The molecule has 0 amide bonds. The molecular weight excluding hydrogens is 358 g/mol. The summed E-state index contributed by atoms with van der Waals surface area (Å²) in [5.41, 5.74) is 1.32. The number of piperidine rings is 1. The van der Waals surface area contributed by atoms with Crippen molar-refractivity contribution in [3.63, 3.8) is 0 Å². The number of sulfonamides is 1. The van der Waals surface area contributed by atoms with Crippen LogP contribution in [0.3, 0.4) is 0 Å². The molecule has 1 aromatic carbocycles. The number of ether oxygens (including phenoxy) is 2. The number of carboxylic acid groups (broad SMARTS) is 1. The van der Waals surface area contributed by atoms with Crippen molar-refractivity contribution >= 4 is 16.0 Å². The smallest absolute Gasteiger partial charge is 0.329 e. The van der Waals surface area contributed by atoms with Crippen LogP contribution in [-0.4, -0.2) is 56.7 Å². The predicted molar refractivity (Wildman–Crippen MR) is 97.1 cm³/mol. The number of nitrogens with zero attached hydrogens (tertiary/aromatic N) is 1. The van der Waals surface area contributed by atoms with Gasteiger partial charge in [0.25, 0.3) is 0 Å². The number of rotatable bonds is 8. The molecule has 1 aliphatic rings. The van der Waals surface area contributed by atoms with E-state index in [0.29, 0.717) is 34.7 Å². The number of carbonyl (C=O) groups is 1. The van der Waals surface area contributed by atoms with E-state index >= 15 is 0 Å². The van der Waals surface area contributed by atoms with Crippen LogP contribution < -0.4 is 4.74 Å². The molecule has 1 aromatic rings. The molecule has 1 N–H and O–H groups in total. The van der Waals surface area contributed by atoms with Crippen molar-refractivity contribution < 1.29 is 27.8 Å². The number of methoxy groups -OCH3 is 1. The van der Waals surface area contributed by atoms with Crippen molar-refractivity contribution in [1.29, 1.82) is 0 Å². The lowest BCUT2D eigenvalue weighted by atomic mass is 10.0. The van der Waals surface area contributed by atoms with Gasteiger partial charge in [0.1, 0.15) is 12.4 Å². The first kappa shape index (κ1) is 20.7. The number of hydrogen-bond acceptors (Lipinski definition) is 5. The Balaban J connectivity index is 2.23. The molecule has 0 spiro atoms. The van der Waals surface area contributed by atoms with Crippen molar-refractivity contribution in [1.82, 2.24) is 4.31 Å². The second-order valence-corrected chi connectivity index (χ2v) is 8.42. The summed E-state index contributed by atoms with van der Waals surface area (Å²) < 4.78 is 38.5. The largest absolute Gasteiger partial charge is 0.497 e. The van der Waals surface area contributed by atoms with Crippen LogP contribution in [0.15, 0.2) is 17.0 Å². The first-order valence-corrected chi connectivity index (χ1v) is 10.2. The van der Waals surface area contributed by atoms with Crippen LogP contribution in [0.25, 0.3) is 0 Å². The Bertz CT molecular complexity index is 723. The SMILES string of the molecule is COc1cc(C)c(S(=O)(=O)N2CCCC[C@H]2CCOCC(=O)O)c(C)c1. The van der Waals surface area contributed by atoms with Crippen molar-refractivity contribution in [2.24, 2.45) is 0 Å². The van der Waals surface area contributed by atoms with Gasteiger partial charge in [0.15, 0.2) is 0 Å². The van der Waals surface area contributed by atoms with Gasteiger partial charge in [-0.25, -0.2) is 13.2 Å². The van der Waals surface area contributed by atoms with Crippen LogP contribution in [0.2, 0.25) is 0 Å². The molecule has 146 valence electrons. The molecule has 2 rings (SSSR count). The summed E-state index contributed by atoms with van der Waals surface area (Å²) in [5, 5.41) is 8.64. The molecule has 0 aliphatic carbocycles. The molecule has 1 fully saturated rings. The minimum Gasteiger partial charge on any atom is -0.497 e. The lowest BCUT2D eigenvalue weighted by Crippen LogP contribution is -2.44. The van der Waals surface area contributed by atoms with Gasteiger partial charge < -0.3 is 14.6 Å². The van der Waals surface area contributed by atoms with E-state index in [0.717, 1.165) is 19.3 Å². The maximum Gasteiger partial charge on any atom is 0.329 e. The number of carboxylic acids is 1. The quantitative estimate of drug-likeness (QED) is 0.691. The van der Waals surface area contributed by atoms with Gasteiger partial charge in [-0.15, -0.1) is 0 Å². The molecule has 1 saturated heterocycles. The molecule has 1 heterocycles. The van der Waals surface area contributed by atoms with Gasteiger partial charge in [-0.2, -0.15) is 4.31 Å². The summed E-state index contributed by atoms with van der Waals surface area (Å²) in [6, 6.07) is 3.28. The molecule has 7 nitrogen and oxygen atoms in total. The first-order valence-electron chi connectivity index (χ1n) is 8.74. The molecule has 0 aromatic heterocycles. The minimum atomic E-state index is -3.65. The van der Waals surface area contributed by atoms with Crippen LogP contribution in [0.4, 0.5) is 0 Å². The van der Waals surface area contributed by atoms with Gasteiger partial charge in [-0.05, 0) is 56.4 Å². The Morgan fingerprint density at radius 3 is 2.50 bits per heavy atom. The van der Waals surface area contributed by atoms with Gasteiger partial charge in [0.05, 0.1) is 12.0 Å². The Labute approximate surface area is 155 Å². The Kier molecular flexibility index (Phi) is 7.02. The standard InChI is InChI=1S/C18H27NO6S/c1-13-10-16(24-3)11-14(2)18(13)26(22,23)19-8-5-4-6-15(19)7-9-25-12-17(20)21/h10-11,15H,4-9,12H2,1-3H3,(H,20,21)/t15-/m0/s1. The molecule has 1 aliphatic heterocycles. The summed E-state index contributed by atoms with van der Waals surface area (Å²) in [5.74, 6) is -0.390. The summed E-state index contributed by atoms with van der Waals surface area (Å²) in [6.07, 6.45) is 3.01. The molecule has 0 bridgehead atoms. The average Bonchev–Trinajstić information content (AvgIpc) is 2.57. The van der Waals surface area contributed by atoms with Crippen molar-refractivity contribution in [2.45, 2.75) is 50.5 Å². The topological polar surface area (TPSA) is 93.1 Å². The normalized spacial score (nSPS) is 18.7. The molecular formula is C18H27NO6S. The van der Waals surface area contributed by atoms with E-state index in [9.17, 15) is 13.2 Å². The fourth-order valence-corrected chi connectivity index (χ4v) is 5.65. The summed E-state index contributed by atoms with van der Waals surface area (Å²) in [4.78, 5) is 10.9. The lowest BCUT2D eigenvalue weighted by molar-refractivity contribution is -0.142. The van der Waals surface area contributed by atoms with Gasteiger partial charge in [0.2, 0.25) is 10.0 Å². The van der Waals surface area contributed by atoms with E-state index in [-0.39, 0.29) is 19.3 Å².